The minimum atomic E-state index is -0.127. The maximum absolute atomic E-state index is 12.4. The Labute approximate surface area is 169 Å². The SMILES string of the molecule is CNC(=O)c1ccc(CN(C)C(=O)CCCn2nnc(-c3ccccc3)n2)cc1. The molecule has 0 aliphatic carbocycles. The van der Waals surface area contributed by atoms with Gasteiger partial charge in [-0.15, -0.1) is 10.2 Å². The summed E-state index contributed by atoms with van der Waals surface area (Å²) in [6.45, 7) is 1.02. The van der Waals surface area contributed by atoms with Crippen LogP contribution in [0.1, 0.15) is 28.8 Å². The number of hydrogen-bond donors (Lipinski definition) is 1. The Morgan fingerprint density at radius 1 is 1.07 bits per heavy atom. The first-order valence-electron chi connectivity index (χ1n) is 9.45. The summed E-state index contributed by atoms with van der Waals surface area (Å²) in [6, 6.07) is 16.9. The number of aryl methyl sites for hydroxylation is 1. The van der Waals surface area contributed by atoms with Crippen molar-refractivity contribution in [2.45, 2.75) is 25.9 Å². The van der Waals surface area contributed by atoms with Gasteiger partial charge in [0, 0.05) is 38.2 Å². The molecule has 0 aliphatic rings. The van der Waals surface area contributed by atoms with Crippen LogP contribution in [0, 0.1) is 0 Å². The van der Waals surface area contributed by atoms with E-state index in [4.69, 9.17) is 0 Å². The van der Waals surface area contributed by atoms with Crippen molar-refractivity contribution in [1.29, 1.82) is 0 Å². The van der Waals surface area contributed by atoms with Crippen LogP contribution < -0.4 is 5.32 Å². The molecular formula is C21H24N6O2. The van der Waals surface area contributed by atoms with Gasteiger partial charge in [0.05, 0.1) is 6.54 Å². The van der Waals surface area contributed by atoms with Crippen LogP contribution in [0.25, 0.3) is 11.4 Å². The van der Waals surface area contributed by atoms with Gasteiger partial charge < -0.3 is 10.2 Å². The summed E-state index contributed by atoms with van der Waals surface area (Å²) in [6.07, 6.45) is 1.03. The molecular weight excluding hydrogens is 368 g/mol. The standard InChI is InChI=1S/C21H24N6O2/c1-22-21(29)18-12-10-16(11-13-18)15-26(2)19(28)9-6-14-27-24-20(23-25-27)17-7-4-3-5-8-17/h3-5,7-8,10-13H,6,9,14-15H2,1-2H3,(H,22,29). The molecule has 0 radical (unpaired) electrons. The van der Waals surface area contributed by atoms with E-state index in [2.05, 4.69) is 20.7 Å². The number of benzene rings is 2. The van der Waals surface area contributed by atoms with Gasteiger partial charge in [0.15, 0.2) is 0 Å². The van der Waals surface area contributed by atoms with Gasteiger partial charge >= 0.3 is 0 Å². The van der Waals surface area contributed by atoms with E-state index in [0.29, 0.717) is 37.3 Å². The first-order valence-corrected chi connectivity index (χ1v) is 9.45. The summed E-state index contributed by atoms with van der Waals surface area (Å²) < 4.78 is 0. The maximum atomic E-state index is 12.4. The molecule has 0 fully saturated rings. The molecule has 1 N–H and O–H groups in total. The zero-order valence-corrected chi connectivity index (χ0v) is 16.6. The molecule has 0 unspecified atom stereocenters. The van der Waals surface area contributed by atoms with E-state index >= 15 is 0 Å². The molecule has 3 rings (SSSR count). The van der Waals surface area contributed by atoms with E-state index < -0.39 is 0 Å². The van der Waals surface area contributed by atoms with Crippen molar-refractivity contribution < 1.29 is 9.59 Å². The van der Waals surface area contributed by atoms with Crippen LogP contribution in [0.5, 0.6) is 0 Å². The molecule has 3 aromatic rings. The van der Waals surface area contributed by atoms with E-state index in [9.17, 15) is 9.59 Å². The number of aromatic nitrogens is 4. The molecule has 0 spiro atoms. The third-order valence-corrected chi connectivity index (χ3v) is 4.52. The average molecular weight is 392 g/mol. The third kappa shape index (κ3) is 5.47. The second-order valence-corrected chi connectivity index (χ2v) is 6.70. The highest BCUT2D eigenvalue weighted by Gasteiger charge is 2.11. The molecule has 8 nitrogen and oxygen atoms in total. The van der Waals surface area contributed by atoms with Crippen molar-refractivity contribution in [3.63, 3.8) is 0 Å². The van der Waals surface area contributed by atoms with E-state index in [0.717, 1.165) is 11.1 Å². The maximum Gasteiger partial charge on any atom is 0.251 e. The zero-order chi connectivity index (χ0) is 20.6. The first kappa shape index (κ1) is 20.2. The summed E-state index contributed by atoms with van der Waals surface area (Å²) in [5.41, 5.74) is 2.48. The lowest BCUT2D eigenvalue weighted by molar-refractivity contribution is -0.130. The van der Waals surface area contributed by atoms with Crippen molar-refractivity contribution in [3.8, 4) is 11.4 Å². The number of amides is 2. The fourth-order valence-electron chi connectivity index (χ4n) is 2.87. The quantitative estimate of drug-likeness (QED) is 0.634. The zero-order valence-electron chi connectivity index (χ0n) is 16.6. The minimum absolute atomic E-state index is 0.0452. The summed E-state index contributed by atoms with van der Waals surface area (Å²) in [5.74, 6) is 0.496. The Kier molecular flexibility index (Phi) is 6.67. The van der Waals surface area contributed by atoms with Crippen molar-refractivity contribution >= 4 is 11.8 Å². The van der Waals surface area contributed by atoms with Crippen LogP contribution in [0.15, 0.2) is 54.6 Å². The largest absolute Gasteiger partial charge is 0.355 e. The van der Waals surface area contributed by atoms with E-state index in [1.807, 2.05) is 42.5 Å². The van der Waals surface area contributed by atoms with E-state index in [-0.39, 0.29) is 11.8 Å². The summed E-state index contributed by atoms with van der Waals surface area (Å²) in [7, 11) is 3.37. The second kappa shape index (κ2) is 9.59. The molecule has 0 bridgehead atoms. The van der Waals surface area contributed by atoms with Crippen LogP contribution in [0.3, 0.4) is 0 Å². The van der Waals surface area contributed by atoms with Crippen LogP contribution in [-0.4, -0.2) is 51.0 Å². The molecule has 0 aliphatic heterocycles. The molecule has 0 atom stereocenters. The molecule has 29 heavy (non-hydrogen) atoms. The second-order valence-electron chi connectivity index (χ2n) is 6.70. The molecule has 0 saturated heterocycles. The smallest absolute Gasteiger partial charge is 0.251 e. The number of carbonyl (C=O) groups is 2. The fraction of sp³-hybridized carbons (Fsp3) is 0.286. The minimum Gasteiger partial charge on any atom is -0.355 e. The number of hydrogen-bond acceptors (Lipinski definition) is 5. The third-order valence-electron chi connectivity index (χ3n) is 4.52. The average Bonchev–Trinajstić information content (AvgIpc) is 3.23. The summed E-state index contributed by atoms with van der Waals surface area (Å²) in [5, 5.41) is 15.1. The van der Waals surface area contributed by atoms with Crippen LogP contribution in [0.4, 0.5) is 0 Å². The highest BCUT2D eigenvalue weighted by atomic mass is 16.2. The number of nitrogens with zero attached hydrogens (tertiary/aromatic N) is 5. The molecule has 2 amide bonds. The molecule has 150 valence electrons. The van der Waals surface area contributed by atoms with Gasteiger partial charge in [-0.3, -0.25) is 9.59 Å². The molecule has 1 heterocycles. The Balaban J connectivity index is 1.45. The Hall–Kier alpha value is -3.55. The molecule has 0 saturated carbocycles. The lowest BCUT2D eigenvalue weighted by Crippen LogP contribution is -2.26. The van der Waals surface area contributed by atoms with Crippen LogP contribution in [-0.2, 0) is 17.9 Å². The van der Waals surface area contributed by atoms with Gasteiger partial charge in [0.1, 0.15) is 0 Å². The number of carbonyl (C=O) groups excluding carboxylic acids is 2. The van der Waals surface area contributed by atoms with Crippen LogP contribution in [0.2, 0.25) is 0 Å². The lowest BCUT2D eigenvalue weighted by atomic mass is 10.1. The molecule has 1 aromatic heterocycles. The van der Waals surface area contributed by atoms with Gasteiger partial charge in [-0.1, -0.05) is 42.5 Å². The van der Waals surface area contributed by atoms with Crippen molar-refractivity contribution in [3.05, 3.63) is 65.7 Å². The number of nitrogens with one attached hydrogen (secondary N) is 1. The van der Waals surface area contributed by atoms with E-state index in [1.165, 1.54) is 4.80 Å². The highest BCUT2D eigenvalue weighted by Crippen LogP contribution is 2.12. The van der Waals surface area contributed by atoms with Crippen molar-refractivity contribution in [2.75, 3.05) is 14.1 Å². The van der Waals surface area contributed by atoms with Gasteiger partial charge in [0.2, 0.25) is 11.7 Å². The predicted octanol–water partition coefficient (Wildman–Crippen LogP) is 2.14. The molecule has 2 aromatic carbocycles. The number of rotatable bonds is 8. The van der Waals surface area contributed by atoms with Crippen molar-refractivity contribution in [2.24, 2.45) is 0 Å². The Morgan fingerprint density at radius 3 is 2.48 bits per heavy atom. The van der Waals surface area contributed by atoms with Crippen LogP contribution >= 0.6 is 0 Å². The lowest BCUT2D eigenvalue weighted by Gasteiger charge is -2.17. The Morgan fingerprint density at radius 2 is 1.79 bits per heavy atom. The topological polar surface area (TPSA) is 93.0 Å². The number of tetrazole rings is 1. The summed E-state index contributed by atoms with van der Waals surface area (Å²) in [4.78, 5) is 27.2. The fourth-order valence-corrected chi connectivity index (χ4v) is 2.87. The summed E-state index contributed by atoms with van der Waals surface area (Å²) >= 11 is 0. The monoisotopic (exact) mass is 392 g/mol. The van der Waals surface area contributed by atoms with Gasteiger partial charge in [-0.2, -0.15) is 4.80 Å². The van der Waals surface area contributed by atoms with E-state index in [1.54, 1.807) is 31.1 Å². The van der Waals surface area contributed by atoms with Gasteiger partial charge in [0.25, 0.3) is 5.91 Å². The van der Waals surface area contributed by atoms with Gasteiger partial charge in [-0.25, -0.2) is 0 Å². The normalized spacial score (nSPS) is 10.6. The molecule has 8 heteroatoms. The van der Waals surface area contributed by atoms with Crippen molar-refractivity contribution in [1.82, 2.24) is 30.4 Å². The first-order chi connectivity index (χ1) is 14.1. The van der Waals surface area contributed by atoms with Gasteiger partial charge in [-0.05, 0) is 29.3 Å². The Bertz CT molecular complexity index is 953. The predicted molar refractivity (Wildman–Crippen MR) is 109 cm³/mol. The highest BCUT2D eigenvalue weighted by molar-refractivity contribution is 5.93.